The molecular weight excluding hydrogens is 338 g/mol. The van der Waals surface area contributed by atoms with E-state index in [1.165, 1.54) is 12.0 Å². The van der Waals surface area contributed by atoms with E-state index in [4.69, 9.17) is 5.73 Å². The highest BCUT2D eigenvalue weighted by Gasteiger charge is 2.33. The topological polar surface area (TPSA) is 75.4 Å². The van der Waals surface area contributed by atoms with Gasteiger partial charge in [0.2, 0.25) is 11.8 Å². The molecule has 1 saturated carbocycles. The third-order valence-electron chi connectivity index (χ3n) is 5.51. The largest absolute Gasteiger partial charge is 0.347 e. The Bertz CT molecular complexity index is 614. The number of halogens is 1. The Hall–Kier alpha value is -1.59. The lowest BCUT2D eigenvalue weighted by Crippen LogP contribution is -2.43. The summed E-state index contributed by atoms with van der Waals surface area (Å²) < 4.78 is 0. The van der Waals surface area contributed by atoms with Gasteiger partial charge in [0.1, 0.15) is 0 Å². The Balaban J connectivity index is 0.00000225. The first kappa shape index (κ1) is 19.7. The quantitative estimate of drug-likeness (QED) is 0.841. The molecule has 0 radical (unpaired) electrons. The lowest BCUT2D eigenvalue weighted by molar-refractivity contribution is -0.127. The third kappa shape index (κ3) is 4.53. The zero-order chi connectivity index (χ0) is 17.0. The molecule has 5 nitrogen and oxygen atoms in total. The predicted octanol–water partition coefficient (Wildman–Crippen LogP) is 2.41. The van der Waals surface area contributed by atoms with Crippen molar-refractivity contribution in [2.24, 2.45) is 11.1 Å². The van der Waals surface area contributed by atoms with Gasteiger partial charge < -0.3 is 16.0 Å². The van der Waals surface area contributed by atoms with Crippen LogP contribution >= 0.6 is 12.4 Å². The van der Waals surface area contributed by atoms with E-state index in [0.717, 1.165) is 37.8 Å². The predicted molar refractivity (Wildman–Crippen MR) is 102 cm³/mol. The molecule has 138 valence electrons. The van der Waals surface area contributed by atoms with E-state index in [-0.39, 0.29) is 36.2 Å². The lowest BCUT2D eigenvalue weighted by atomic mass is 9.71. The maximum absolute atomic E-state index is 12.4. The maximum Gasteiger partial charge on any atom is 0.246 e. The summed E-state index contributed by atoms with van der Waals surface area (Å²) in [6.07, 6.45) is 6.88. The SMILES string of the molecule is Cl.NCC1(CC(=O)NCC(=O)N2CCc3ccccc32)CCCCC1. The summed E-state index contributed by atoms with van der Waals surface area (Å²) in [5.74, 6) is -0.0954. The van der Waals surface area contributed by atoms with E-state index < -0.39 is 0 Å². The third-order valence-corrected chi connectivity index (χ3v) is 5.51. The van der Waals surface area contributed by atoms with Crippen molar-refractivity contribution in [1.29, 1.82) is 0 Å². The molecule has 1 aromatic rings. The number of carbonyl (C=O) groups excluding carboxylic acids is 2. The van der Waals surface area contributed by atoms with Crippen LogP contribution in [0.4, 0.5) is 5.69 Å². The van der Waals surface area contributed by atoms with E-state index in [1.807, 2.05) is 18.2 Å². The van der Waals surface area contributed by atoms with Gasteiger partial charge >= 0.3 is 0 Å². The first-order chi connectivity index (χ1) is 11.6. The van der Waals surface area contributed by atoms with Crippen LogP contribution in [-0.4, -0.2) is 31.4 Å². The van der Waals surface area contributed by atoms with Gasteiger partial charge in [0.25, 0.3) is 0 Å². The molecule has 1 aliphatic heterocycles. The molecule has 6 heteroatoms. The monoisotopic (exact) mass is 365 g/mol. The minimum absolute atomic E-state index is 0. The normalized spacial score (nSPS) is 18.2. The van der Waals surface area contributed by atoms with E-state index in [2.05, 4.69) is 11.4 Å². The fraction of sp³-hybridized carbons (Fsp3) is 0.579. The number of nitrogens with zero attached hydrogens (tertiary/aromatic N) is 1. The maximum atomic E-state index is 12.4. The number of hydrogen-bond donors (Lipinski definition) is 2. The highest BCUT2D eigenvalue weighted by atomic mass is 35.5. The van der Waals surface area contributed by atoms with Gasteiger partial charge in [-0.1, -0.05) is 37.5 Å². The van der Waals surface area contributed by atoms with Gasteiger partial charge in [-0.2, -0.15) is 0 Å². The average molecular weight is 366 g/mol. The number of amides is 2. The summed E-state index contributed by atoms with van der Waals surface area (Å²) >= 11 is 0. The smallest absolute Gasteiger partial charge is 0.246 e. The summed E-state index contributed by atoms with van der Waals surface area (Å²) in [5, 5.41) is 2.81. The van der Waals surface area contributed by atoms with E-state index >= 15 is 0 Å². The summed E-state index contributed by atoms with van der Waals surface area (Å²) in [4.78, 5) is 26.5. The molecule has 1 fully saturated rings. The average Bonchev–Trinajstić information content (AvgIpc) is 3.04. The molecule has 1 aliphatic carbocycles. The number of fused-ring (bicyclic) bond motifs is 1. The Morgan fingerprint density at radius 3 is 2.60 bits per heavy atom. The van der Waals surface area contributed by atoms with Crippen LogP contribution in [0.3, 0.4) is 0 Å². The number of rotatable bonds is 5. The van der Waals surface area contributed by atoms with Crippen molar-refractivity contribution >= 4 is 29.9 Å². The van der Waals surface area contributed by atoms with E-state index in [0.29, 0.717) is 19.5 Å². The summed E-state index contributed by atoms with van der Waals surface area (Å²) in [6, 6.07) is 7.95. The van der Waals surface area contributed by atoms with E-state index in [1.54, 1.807) is 4.90 Å². The zero-order valence-electron chi connectivity index (χ0n) is 14.6. The van der Waals surface area contributed by atoms with Gasteiger partial charge in [-0.15, -0.1) is 12.4 Å². The number of hydrogen-bond acceptors (Lipinski definition) is 3. The Morgan fingerprint density at radius 1 is 1.16 bits per heavy atom. The Labute approximate surface area is 155 Å². The molecule has 3 N–H and O–H groups in total. The summed E-state index contributed by atoms with van der Waals surface area (Å²) in [5.41, 5.74) is 8.05. The molecule has 3 rings (SSSR count). The lowest BCUT2D eigenvalue weighted by Gasteiger charge is -2.35. The minimum atomic E-state index is -0.0639. The van der Waals surface area contributed by atoms with Crippen molar-refractivity contribution in [2.45, 2.75) is 44.9 Å². The van der Waals surface area contributed by atoms with Gasteiger partial charge in [0.05, 0.1) is 6.54 Å². The standard InChI is InChI=1S/C19H27N3O2.ClH/c20-14-19(9-4-1-5-10-19)12-17(23)21-13-18(24)22-11-8-15-6-2-3-7-16(15)22;/h2-3,6-7H,1,4-5,8-14,20H2,(H,21,23);1H. The van der Waals surface area contributed by atoms with Crippen LogP contribution in [0.25, 0.3) is 0 Å². The molecule has 0 saturated heterocycles. The molecule has 0 atom stereocenters. The van der Waals surface area contributed by atoms with Crippen molar-refractivity contribution in [3.8, 4) is 0 Å². The summed E-state index contributed by atoms with van der Waals surface area (Å²) in [7, 11) is 0. The van der Waals surface area contributed by atoms with Crippen LogP contribution in [0.2, 0.25) is 0 Å². The molecule has 2 amide bonds. The minimum Gasteiger partial charge on any atom is -0.347 e. The van der Waals surface area contributed by atoms with Gasteiger partial charge in [0.15, 0.2) is 0 Å². The molecule has 2 aliphatic rings. The van der Waals surface area contributed by atoms with Crippen LogP contribution in [0, 0.1) is 5.41 Å². The number of anilines is 1. The fourth-order valence-electron chi connectivity index (χ4n) is 4.02. The van der Waals surface area contributed by atoms with Crippen LogP contribution < -0.4 is 16.0 Å². The van der Waals surface area contributed by atoms with Crippen molar-refractivity contribution in [3.05, 3.63) is 29.8 Å². The second-order valence-electron chi connectivity index (χ2n) is 7.14. The first-order valence-corrected chi connectivity index (χ1v) is 8.99. The molecule has 0 bridgehead atoms. The van der Waals surface area contributed by atoms with Crippen LogP contribution in [0.5, 0.6) is 0 Å². The number of carbonyl (C=O) groups is 2. The molecule has 0 unspecified atom stereocenters. The number of para-hydroxylation sites is 1. The Morgan fingerprint density at radius 2 is 1.88 bits per heavy atom. The highest BCUT2D eigenvalue weighted by molar-refractivity contribution is 5.98. The van der Waals surface area contributed by atoms with Gasteiger partial charge in [0, 0.05) is 18.7 Å². The highest BCUT2D eigenvalue weighted by Crippen LogP contribution is 2.38. The van der Waals surface area contributed by atoms with Crippen molar-refractivity contribution < 1.29 is 9.59 Å². The van der Waals surface area contributed by atoms with Crippen LogP contribution in [0.1, 0.15) is 44.1 Å². The molecule has 0 aromatic heterocycles. The summed E-state index contributed by atoms with van der Waals surface area (Å²) in [6.45, 7) is 1.31. The molecule has 0 spiro atoms. The van der Waals surface area contributed by atoms with Gasteiger partial charge in [-0.25, -0.2) is 0 Å². The van der Waals surface area contributed by atoms with Gasteiger partial charge in [-0.05, 0) is 42.9 Å². The second kappa shape index (κ2) is 8.68. The Kier molecular flexibility index (Phi) is 6.85. The van der Waals surface area contributed by atoms with Gasteiger partial charge in [-0.3, -0.25) is 9.59 Å². The molecule has 1 aromatic carbocycles. The molecule has 1 heterocycles. The van der Waals surface area contributed by atoms with Crippen molar-refractivity contribution in [3.63, 3.8) is 0 Å². The van der Waals surface area contributed by atoms with Crippen molar-refractivity contribution in [1.82, 2.24) is 5.32 Å². The van der Waals surface area contributed by atoms with Crippen molar-refractivity contribution in [2.75, 3.05) is 24.5 Å². The van der Waals surface area contributed by atoms with Crippen LogP contribution in [-0.2, 0) is 16.0 Å². The zero-order valence-corrected chi connectivity index (χ0v) is 15.4. The fourth-order valence-corrected chi connectivity index (χ4v) is 4.02. The molecular formula is C19H28ClN3O2. The van der Waals surface area contributed by atoms with Crippen LogP contribution in [0.15, 0.2) is 24.3 Å². The first-order valence-electron chi connectivity index (χ1n) is 8.99. The second-order valence-corrected chi connectivity index (χ2v) is 7.14. The number of nitrogens with one attached hydrogen (secondary N) is 1. The molecule has 25 heavy (non-hydrogen) atoms. The number of nitrogens with two attached hydrogens (primary N) is 1. The van der Waals surface area contributed by atoms with E-state index in [9.17, 15) is 9.59 Å². The number of benzene rings is 1.